The molecular formula is C21H15N. The Morgan fingerprint density at radius 2 is 1.55 bits per heavy atom. The van der Waals surface area contributed by atoms with Crippen LogP contribution in [0.15, 0.2) is 79.0 Å². The molecule has 5 rings (SSSR count). The second-order valence-electron chi connectivity index (χ2n) is 6.01. The Balaban J connectivity index is 1.94. The summed E-state index contributed by atoms with van der Waals surface area (Å²) in [5, 5.41) is 2.52. The van der Waals surface area contributed by atoms with E-state index in [9.17, 15) is 0 Å². The highest BCUT2D eigenvalue weighted by atomic mass is 14.7. The number of hydrogen-bond acceptors (Lipinski definition) is 1. The Labute approximate surface area is 129 Å². The molecule has 0 fully saturated rings. The van der Waals surface area contributed by atoms with Crippen LogP contribution in [0.25, 0.3) is 21.9 Å². The number of fused-ring (bicyclic) bond motifs is 8. The number of benzene rings is 2. The van der Waals surface area contributed by atoms with Gasteiger partial charge in [-0.15, -0.1) is 0 Å². The van der Waals surface area contributed by atoms with Crippen LogP contribution in [0.3, 0.4) is 0 Å². The molecule has 0 aliphatic heterocycles. The lowest BCUT2D eigenvalue weighted by molar-refractivity contribution is 0.699. The maximum Gasteiger partial charge on any atom is 0.0566 e. The van der Waals surface area contributed by atoms with E-state index in [2.05, 4.69) is 72.8 Å². The fraction of sp³-hybridized carbons (Fsp3) is 0.0952. The van der Waals surface area contributed by atoms with Gasteiger partial charge in [-0.3, -0.25) is 4.98 Å². The van der Waals surface area contributed by atoms with E-state index >= 15 is 0 Å². The lowest BCUT2D eigenvalue weighted by Crippen LogP contribution is -2.18. The second kappa shape index (κ2) is 4.41. The predicted octanol–water partition coefficient (Wildman–Crippen LogP) is 5.21. The first-order chi connectivity index (χ1) is 10.9. The van der Waals surface area contributed by atoms with Crippen molar-refractivity contribution >= 4 is 10.8 Å². The first-order valence-electron chi connectivity index (χ1n) is 7.75. The predicted molar refractivity (Wildman–Crippen MR) is 90.9 cm³/mol. The molecule has 0 bridgehead atoms. The topological polar surface area (TPSA) is 12.9 Å². The van der Waals surface area contributed by atoms with Gasteiger partial charge in [0.15, 0.2) is 0 Å². The highest BCUT2D eigenvalue weighted by Gasteiger charge is 2.33. The minimum Gasteiger partial charge on any atom is -0.259 e. The molecule has 1 nitrogen and oxygen atoms in total. The van der Waals surface area contributed by atoms with Crippen LogP contribution >= 0.6 is 0 Å². The molecule has 0 N–H and O–H groups in total. The second-order valence-corrected chi connectivity index (χ2v) is 6.01. The highest BCUT2D eigenvalue weighted by Crippen LogP contribution is 2.50. The standard InChI is InChI=1S/C21H15N/c1-2-8-15-14(7-1)13-22-21-19-12-6-4-10-17(19)16-9-3-5-11-18(16)20(15)21/h1-13,17,19H. The van der Waals surface area contributed by atoms with Crippen molar-refractivity contribution in [3.05, 3.63) is 90.3 Å². The SMILES string of the molecule is C1=CC2c3ccccc3-c3c(ncc4ccccc34)C2C=C1. The van der Waals surface area contributed by atoms with Gasteiger partial charge < -0.3 is 0 Å². The van der Waals surface area contributed by atoms with E-state index in [1.165, 1.54) is 33.2 Å². The highest BCUT2D eigenvalue weighted by molar-refractivity contribution is 5.99. The quantitative estimate of drug-likeness (QED) is 0.551. The molecule has 2 aliphatic rings. The molecule has 0 amide bonds. The monoisotopic (exact) mass is 281 g/mol. The van der Waals surface area contributed by atoms with Gasteiger partial charge in [-0.2, -0.15) is 0 Å². The lowest BCUT2D eigenvalue weighted by Gasteiger charge is -2.33. The van der Waals surface area contributed by atoms with Crippen molar-refractivity contribution in [3.63, 3.8) is 0 Å². The fourth-order valence-electron chi connectivity index (χ4n) is 3.90. The van der Waals surface area contributed by atoms with Crippen molar-refractivity contribution in [3.8, 4) is 11.1 Å². The van der Waals surface area contributed by atoms with Crippen LogP contribution in [-0.2, 0) is 0 Å². The number of pyridine rings is 1. The zero-order chi connectivity index (χ0) is 14.5. The van der Waals surface area contributed by atoms with Gasteiger partial charge in [0, 0.05) is 29.0 Å². The summed E-state index contributed by atoms with van der Waals surface area (Å²) in [4.78, 5) is 4.85. The molecule has 0 spiro atoms. The summed E-state index contributed by atoms with van der Waals surface area (Å²) in [5.41, 5.74) is 5.28. The number of rotatable bonds is 0. The van der Waals surface area contributed by atoms with Crippen molar-refractivity contribution in [1.82, 2.24) is 4.98 Å². The minimum atomic E-state index is 0.347. The van der Waals surface area contributed by atoms with Gasteiger partial charge in [0.2, 0.25) is 0 Å². The Hall–Kier alpha value is -2.67. The summed E-state index contributed by atoms with van der Waals surface area (Å²) in [7, 11) is 0. The number of nitrogens with zero attached hydrogens (tertiary/aromatic N) is 1. The molecule has 2 aliphatic carbocycles. The lowest BCUT2D eigenvalue weighted by atomic mass is 9.71. The van der Waals surface area contributed by atoms with Crippen LogP contribution < -0.4 is 0 Å². The number of allylic oxidation sites excluding steroid dienone is 4. The van der Waals surface area contributed by atoms with Crippen LogP contribution in [0.1, 0.15) is 23.1 Å². The summed E-state index contributed by atoms with van der Waals surface area (Å²) in [6, 6.07) is 17.3. The van der Waals surface area contributed by atoms with E-state index in [1.807, 2.05) is 6.20 Å². The maximum atomic E-state index is 4.85. The first-order valence-corrected chi connectivity index (χ1v) is 7.75. The van der Waals surface area contributed by atoms with Crippen molar-refractivity contribution in [1.29, 1.82) is 0 Å². The largest absolute Gasteiger partial charge is 0.259 e. The number of aromatic nitrogens is 1. The summed E-state index contributed by atoms with van der Waals surface area (Å²) in [6.45, 7) is 0. The maximum absolute atomic E-state index is 4.85. The fourth-order valence-corrected chi connectivity index (χ4v) is 3.90. The molecular weight excluding hydrogens is 266 g/mol. The van der Waals surface area contributed by atoms with Gasteiger partial charge in [-0.1, -0.05) is 72.8 Å². The molecule has 1 aromatic heterocycles. The van der Waals surface area contributed by atoms with E-state index in [0.717, 1.165) is 0 Å². The van der Waals surface area contributed by atoms with Gasteiger partial charge in [0.1, 0.15) is 0 Å². The number of hydrogen-bond donors (Lipinski definition) is 0. The molecule has 0 radical (unpaired) electrons. The van der Waals surface area contributed by atoms with Gasteiger partial charge in [-0.05, 0) is 16.5 Å². The van der Waals surface area contributed by atoms with Crippen LogP contribution in [-0.4, -0.2) is 4.98 Å². The molecule has 2 unspecified atom stereocenters. The first kappa shape index (κ1) is 11.9. The Morgan fingerprint density at radius 1 is 0.773 bits per heavy atom. The summed E-state index contributed by atoms with van der Waals surface area (Å²) in [5.74, 6) is 0.752. The van der Waals surface area contributed by atoms with E-state index in [-0.39, 0.29) is 0 Å². The van der Waals surface area contributed by atoms with E-state index in [0.29, 0.717) is 11.8 Å². The third kappa shape index (κ3) is 1.51. The van der Waals surface area contributed by atoms with Gasteiger partial charge in [-0.25, -0.2) is 0 Å². The Morgan fingerprint density at radius 3 is 2.50 bits per heavy atom. The molecule has 2 aromatic carbocycles. The summed E-state index contributed by atoms with van der Waals surface area (Å²) in [6.07, 6.45) is 10.9. The van der Waals surface area contributed by atoms with Crippen LogP contribution in [0, 0.1) is 0 Å². The van der Waals surface area contributed by atoms with Gasteiger partial charge in [0.05, 0.1) is 5.69 Å². The average Bonchev–Trinajstić information content (AvgIpc) is 2.61. The zero-order valence-electron chi connectivity index (χ0n) is 12.1. The molecule has 22 heavy (non-hydrogen) atoms. The van der Waals surface area contributed by atoms with Crippen LogP contribution in [0.2, 0.25) is 0 Å². The molecule has 104 valence electrons. The summed E-state index contributed by atoms with van der Waals surface area (Å²) >= 11 is 0. The molecule has 1 heterocycles. The van der Waals surface area contributed by atoms with E-state index in [1.54, 1.807) is 0 Å². The molecule has 1 heteroatoms. The minimum absolute atomic E-state index is 0.347. The smallest absolute Gasteiger partial charge is 0.0566 e. The molecule has 3 aromatic rings. The third-order valence-corrected chi connectivity index (χ3v) is 4.87. The van der Waals surface area contributed by atoms with Crippen LogP contribution in [0.4, 0.5) is 0 Å². The molecule has 2 atom stereocenters. The van der Waals surface area contributed by atoms with Crippen molar-refractivity contribution in [2.45, 2.75) is 11.8 Å². The Kier molecular flexibility index (Phi) is 2.39. The Bertz CT molecular complexity index is 949. The van der Waals surface area contributed by atoms with Crippen molar-refractivity contribution in [2.75, 3.05) is 0 Å². The van der Waals surface area contributed by atoms with Crippen molar-refractivity contribution < 1.29 is 0 Å². The van der Waals surface area contributed by atoms with Gasteiger partial charge >= 0.3 is 0 Å². The molecule has 0 saturated heterocycles. The zero-order valence-corrected chi connectivity index (χ0v) is 12.1. The van der Waals surface area contributed by atoms with E-state index in [4.69, 9.17) is 4.98 Å². The van der Waals surface area contributed by atoms with Gasteiger partial charge in [0.25, 0.3) is 0 Å². The van der Waals surface area contributed by atoms with Crippen molar-refractivity contribution in [2.24, 2.45) is 0 Å². The summed E-state index contributed by atoms with van der Waals surface area (Å²) < 4.78 is 0. The third-order valence-electron chi connectivity index (χ3n) is 4.87. The normalized spacial score (nSPS) is 21.3. The average molecular weight is 281 g/mol. The molecule has 0 saturated carbocycles. The van der Waals surface area contributed by atoms with E-state index < -0.39 is 0 Å². The van der Waals surface area contributed by atoms with Crippen LogP contribution in [0.5, 0.6) is 0 Å².